The Balaban J connectivity index is 1.63. The summed E-state index contributed by atoms with van der Waals surface area (Å²) < 4.78 is 5.79. The number of nitrogens with zero attached hydrogens (tertiary/aromatic N) is 3. The monoisotopic (exact) mass is 316 g/mol. The minimum absolute atomic E-state index is 0.0524. The molecule has 6 heteroatoms. The second-order valence-electron chi connectivity index (χ2n) is 6.19. The van der Waals surface area contributed by atoms with Crippen molar-refractivity contribution in [2.24, 2.45) is 11.7 Å². The molecule has 2 unspecified atom stereocenters. The average Bonchev–Trinajstić information content (AvgIpc) is 3.04. The number of hydrogen-bond acceptors (Lipinski definition) is 5. The lowest BCUT2D eigenvalue weighted by Crippen LogP contribution is -2.54. The van der Waals surface area contributed by atoms with E-state index >= 15 is 0 Å². The highest BCUT2D eigenvalue weighted by molar-refractivity contribution is 5.82. The van der Waals surface area contributed by atoms with Crippen LogP contribution in [0.2, 0.25) is 0 Å². The van der Waals surface area contributed by atoms with Crippen LogP contribution in [0, 0.1) is 5.92 Å². The molecule has 0 spiro atoms. The second-order valence-corrected chi connectivity index (χ2v) is 6.19. The summed E-state index contributed by atoms with van der Waals surface area (Å²) in [6.45, 7) is 6.82. The SMILES string of the molecule is CCC(C)C(N)C(=O)N1CCN(c2nc3ccccc3o2)CC1. The fourth-order valence-electron chi connectivity index (χ4n) is 2.82. The number of fused-ring (bicyclic) bond motifs is 1. The molecule has 0 aliphatic carbocycles. The van der Waals surface area contributed by atoms with Crippen LogP contribution in [-0.2, 0) is 4.79 Å². The van der Waals surface area contributed by atoms with Crippen LogP contribution in [0.25, 0.3) is 11.1 Å². The zero-order chi connectivity index (χ0) is 16.4. The van der Waals surface area contributed by atoms with Crippen molar-refractivity contribution < 1.29 is 9.21 Å². The van der Waals surface area contributed by atoms with E-state index in [1.165, 1.54) is 0 Å². The standard InChI is InChI=1S/C17H24N4O2/c1-3-12(2)15(18)16(22)20-8-10-21(11-9-20)17-19-13-6-4-5-7-14(13)23-17/h4-7,12,15H,3,8-11,18H2,1-2H3. The number of hydrogen-bond donors (Lipinski definition) is 1. The first-order valence-corrected chi connectivity index (χ1v) is 8.25. The number of aromatic nitrogens is 1. The van der Waals surface area contributed by atoms with Gasteiger partial charge in [0.25, 0.3) is 6.01 Å². The molecule has 2 atom stereocenters. The number of para-hydroxylation sites is 2. The van der Waals surface area contributed by atoms with Crippen LogP contribution in [0.15, 0.2) is 28.7 Å². The van der Waals surface area contributed by atoms with Crippen LogP contribution >= 0.6 is 0 Å². The van der Waals surface area contributed by atoms with Crippen molar-refractivity contribution in [1.82, 2.24) is 9.88 Å². The number of piperazine rings is 1. The molecule has 1 aliphatic rings. The average molecular weight is 316 g/mol. The molecule has 0 bridgehead atoms. The van der Waals surface area contributed by atoms with Crippen LogP contribution in [0.1, 0.15) is 20.3 Å². The third kappa shape index (κ3) is 3.17. The van der Waals surface area contributed by atoms with Crippen molar-refractivity contribution in [3.8, 4) is 0 Å². The van der Waals surface area contributed by atoms with E-state index in [1.54, 1.807) is 0 Å². The van der Waals surface area contributed by atoms with E-state index in [1.807, 2.05) is 36.1 Å². The van der Waals surface area contributed by atoms with Crippen LogP contribution in [0.3, 0.4) is 0 Å². The van der Waals surface area contributed by atoms with Gasteiger partial charge in [-0.1, -0.05) is 32.4 Å². The highest BCUT2D eigenvalue weighted by Crippen LogP contribution is 2.22. The molecule has 124 valence electrons. The number of anilines is 1. The van der Waals surface area contributed by atoms with Crippen LogP contribution in [0.4, 0.5) is 6.01 Å². The van der Waals surface area contributed by atoms with E-state index in [9.17, 15) is 4.79 Å². The molecule has 2 heterocycles. The van der Waals surface area contributed by atoms with E-state index in [2.05, 4.69) is 16.8 Å². The lowest BCUT2D eigenvalue weighted by molar-refractivity contribution is -0.134. The molecule has 2 aromatic rings. The Morgan fingerprint density at radius 2 is 2.00 bits per heavy atom. The van der Waals surface area contributed by atoms with Crippen LogP contribution in [-0.4, -0.2) is 48.0 Å². The summed E-state index contributed by atoms with van der Waals surface area (Å²) >= 11 is 0. The largest absolute Gasteiger partial charge is 0.423 e. The van der Waals surface area contributed by atoms with Gasteiger partial charge in [-0.2, -0.15) is 4.98 Å². The molecule has 2 N–H and O–H groups in total. The minimum Gasteiger partial charge on any atom is -0.423 e. The van der Waals surface area contributed by atoms with E-state index in [4.69, 9.17) is 10.2 Å². The zero-order valence-electron chi connectivity index (χ0n) is 13.7. The predicted octanol–water partition coefficient (Wildman–Crippen LogP) is 1.85. The number of benzene rings is 1. The van der Waals surface area contributed by atoms with Crippen molar-refractivity contribution >= 4 is 23.0 Å². The van der Waals surface area contributed by atoms with Gasteiger partial charge in [0.2, 0.25) is 5.91 Å². The molecule has 1 aromatic heterocycles. The van der Waals surface area contributed by atoms with Gasteiger partial charge >= 0.3 is 0 Å². The Bertz CT molecular complexity index is 643. The minimum atomic E-state index is -0.407. The zero-order valence-corrected chi connectivity index (χ0v) is 13.7. The molecule has 0 radical (unpaired) electrons. The van der Waals surface area contributed by atoms with Gasteiger partial charge in [-0.3, -0.25) is 4.79 Å². The van der Waals surface area contributed by atoms with E-state index < -0.39 is 6.04 Å². The van der Waals surface area contributed by atoms with Gasteiger partial charge in [0.15, 0.2) is 5.58 Å². The second kappa shape index (κ2) is 6.58. The number of rotatable bonds is 4. The topological polar surface area (TPSA) is 75.6 Å². The smallest absolute Gasteiger partial charge is 0.298 e. The molecule has 23 heavy (non-hydrogen) atoms. The third-order valence-corrected chi connectivity index (χ3v) is 4.69. The summed E-state index contributed by atoms with van der Waals surface area (Å²) in [5.41, 5.74) is 7.72. The number of oxazole rings is 1. The molecule has 1 amide bonds. The van der Waals surface area contributed by atoms with Gasteiger partial charge in [0, 0.05) is 26.2 Å². The van der Waals surface area contributed by atoms with E-state index in [0.29, 0.717) is 32.2 Å². The lowest BCUT2D eigenvalue weighted by atomic mass is 9.98. The van der Waals surface area contributed by atoms with Crippen LogP contribution in [0.5, 0.6) is 0 Å². The maximum atomic E-state index is 12.4. The summed E-state index contributed by atoms with van der Waals surface area (Å²) in [5.74, 6) is 0.258. The number of nitrogens with two attached hydrogens (primary N) is 1. The molecular formula is C17H24N4O2. The van der Waals surface area contributed by atoms with Gasteiger partial charge in [0.05, 0.1) is 6.04 Å². The number of carbonyl (C=O) groups excluding carboxylic acids is 1. The maximum absolute atomic E-state index is 12.4. The van der Waals surface area contributed by atoms with Gasteiger partial charge in [0.1, 0.15) is 5.52 Å². The van der Waals surface area contributed by atoms with Crippen LogP contribution < -0.4 is 10.6 Å². The van der Waals surface area contributed by atoms with Crippen molar-refractivity contribution in [2.75, 3.05) is 31.1 Å². The first-order valence-electron chi connectivity index (χ1n) is 8.25. The first kappa shape index (κ1) is 15.8. The van der Waals surface area contributed by atoms with E-state index in [-0.39, 0.29) is 11.8 Å². The fourth-order valence-corrected chi connectivity index (χ4v) is 2.82. The van der Waals surface area contributed by atoms with Gasteiger partial charge < -0.3 is 20.0 Å². The lowest BCUT2D eigenvalue weighted by Gasteiger charge is -2.35. The Kier molecular flexibility index (Phi) is 4.52. The molecule has 1 aromatic carbocycles. The Morgan fingerprint density at radius 1 is 1.30 bits per heavy atom. The van der Waals surface area contributed by atoms with E-state index in [0.717, 1.165) is 17.5 Å². The molecular weight excluding hydrogens is 292 g/mol. The Hall–Kier alpha value is -2.08. The molecule has 0 saturated carbocycles. The molecule has 3 rings (SSSR count). The first-order chi connectivity index (χ1) is 11.1. The number of amides is 1. The molecule has 1 fully saturated rings. The summed E-state index contributed by atoms with van der Waals surface area (Å²) in [7, 11) is 0. The Morgan fingerprint density at radius 3 is 2.65 bits per heavy atom. The number of carbonyl (C=O) groups is 1. The van der Waals surface area contributed by atoms with Gasteiger partial charge in [-0.25, -0.2) is 0 Å². The van der Waals surface area contributed by atoms with Crippen molar-refractivity contribution in [3.63, 3.8) is 0 Å². The highest BCUT2D eigenvalue weighted by Gasteiger charge is 2.29. The maximum Gasteiger partial charge on any atom is 0.298 e. The normalized spacial score (nSPS) is 18.2. The highest BCUT2D eigenvalue weighted by atomic mass is 16.4. The Labute approximate surface area is 136 Å². The van der Waals surface area contributed by atoms with Gasteiger partial charge in [-0.05, 0) is 18.1 Å². The summed E-state index contributed by atoms with van der Waals surface area (Å²) in [4.78, 5) is 20.9. The van der Waals surface area contributed by atoms with Crippen molar-refractivity contribution in [3.05, 3.63) is 24.3 Å². The predicted molar refractivity (Wildman–Crippen MR) is 90.2 cm³/mol. The quantitative estimate of drug-likeness (QED) is 0.931. The molecule has 1 saturated heterocycles. The summed E-state index contributed by atoms with van der Waals surface area (Å²) in [6, 6.07) is 7.95. The molecule has 1 aliphatic heterocycles. The third-order valence-electron chi connectivity index (χ3n) is 4.69. The van der Waals surface area contributed by atoms with Crippen molar-refractivity contribution in [1.29, 1.82) is 0 Å². The molecule has 6 nitrogen and oxygen atoms in total. The fraction of sp³-hybridized carbons (Fsp3) is 0.529. The summed E-state index contributed by atoms with van der Waals surface area (Å²) in [6.07, 6.45) is 0.912. The van der Waals surface area contributed by atoms with Gasteiger partial charge in [-0.15, -0.1) is 0 Å². The van der Waals surface area contributed by atoms with Crippen molar-refractivity contribution in [2.45, 2.75) is 26.3 Å². The summed E-state index contributed by atoms with van der Waals surface area (Å²) in [5, 5.41) is 0.